The first-order valence-electron chi connectivity index (χ1n) is 4.60. The van der Waals surface area contributed by atoms with Crippen LogP contribution in [0.25, 0.3) is 0 Å². The van der Waals surface area contributed by atoms with Crippen LogP contribution in [0.2, 0.25) is 0 Å². The molecule has 0 radical (unpaired) electrons. The van der Waals surface area contributed by atoms with Crippen LogP contribution >= 0.6 is 0 Å². The Morgan fingerprint density at radius 3 is 2.81 bits per heavy atom. The SMILES string of the molecule is CCC(=O)OCc1ccc([N+](=O)[O-])c(N)n1. The third-order valence-electron chi connectivity index (χ3n) is 1.83. The molecule has 1 aromatic rings. The fourth-order valence-electron chi connectivity index (χ4n) is 1.00. The van der Waals surface area contributed by atoms with Gasteiger partial charge in [0, 0.05) is 12.5 Å². The second-order valence-electron chi connectivity index (χ2n) is 2.98. The predicted molar refractivity (Wildman–Crippen MR) is 55.4 cm³/mol. The zero-order valence-corrected chi connectivity index (χ0v) is 8.67. The molecule has 0 fully saturated rings. The van der Waals surface area contributed by atoms with Crippen molar-refractivity contribution in [3.63, 3.8) is 0 Å². The molecule has 1 rings (SSSR count). The lowest BCUT2D eigenvalue weighted by Gasteiger charge is -2.03. The van der Waals surface area contributed by atoms with E-state index in [9.17, 15) is 14.9 Å². The summed E-state index contributed by atoms with van der Waals surface area (Å²) < 4.78 is 4.81. The van der Waals surface area contributed by atoms with E-state index in [0.717, 1.165) is 0 Å². The highest BCUT2D eigenvalue weighted by atomic mass is 16.6. The van der Waals surface area contributed by atoms with E-state index in [1.54, 1.807) is 6.92 Å². The maximum Gasteiger partial charge on any atom is 0.311 e. The highest BCUT2D eigenvalue weighted by molar-refractivity contribution is 5.68. The largest absolute Gasteiger partial charge is 0.459 e. The zero-order chi connectivity index (χ0) is 12.1. The van der Waals surface area contributed by atoms with E-state index in [1.165, 1.54) is 12.1 Å². The molecular formula is C9H11N3O4. The van der Waals surface area contributed by atoms with Gasteiger partial charge in [-0.05, 0) is 6.07 Å². The number of pyridine rings is 1. The summed E-state index contributed by atoms with van der Waals surface area (Å²) in [6, 6.07) is 2.63. The van der Waals surface area contributed by atoms with Gasteiger partial charge < -0.3 is 10.5 Å². The average Bonchev–Trinajstić information content (AvgIpc) is 2.25. The van der Waals surface area contributed by atoms with Gasteiger partial charge in [0.15, 0.2) is 0 Å². The lowest BCUT2D eigenvalue weighted by atomic mass is 10.3. The number of esters is 1. The molecular weight excluding hydrogens is 214 g/mol. The predicted octanol–water partition coefficient (Wildman–Crippen LogP) is 1.03. The Kier molecular flexibility index (Phi) is 3.76. The number of nitrogens with two attached hydrogens (primary N) is 1. The molecule has 0 spiro atoms. The number of carbonyl (C=O) groups excluding carboxylic acids is 1. The van der Waals surface area contributed by atoms with Gasteiger partial charge in [0.1, 0.15) is 6.61 Å². The number of hydrogen-bond acceptors (Lipinski definition) is 6. The smallest absolute Gasteiger partial charge is 0.311 e. The van der Waals surface area contributed by atoms with Crippen LogP contribution in [0, 0.1) is 10.1 Å². The Labute approximate surface area is 91.4 Å². The number of carbonyl (C=O) groups is 1. The molecule has 1 heterocycles. The summed E-state index contributed by atoms with van der Waals surface area (Å²) in [5.41, 5.74) is 5.49. The summed E-state index contributed by atoms with van der Waals surface area (Å²) in [4.78, 5) is 24.4. The number of hydrogen-bond donors (Lipinski definition) is 1. The molecule has 0 saturated carbocycles. The van der Waals surface area contributed by atoms with Crippen LogP contribution in [0.3, 0.4) is 0 Å². The van der Waals surface area contributed by atoms with Gasteiger partial charge in [0.05, 0.1) is 10.6 Å². The average molecular weight is 225 g/mol. The monoisotopic (exact) mass is 225 g/mol. The lowest BCUT2D eigenvalue weighted by molar-refractivity contribution is -0.384. The van der Waals surface area contributed by atoms with Crippen LogP contribution in [0.5, 0.6) is 0 Å². The molecule has 0 aliphatic carbocycles. The highest BCUT2D eigenvalue weighted by Crippen LogP contribution is 2.18. The van der Waals surface area contributed by atoms with Crippen molar-refractivity contribution in [2.75, 3.05) is 5.73 Å². The third kappa shape index (κ3) is 2.91. The molecule has 16 heavy (non-hydrogen) atoms. The van der Waals surface area contributed by atoms with Crippen molar-refractivity contribution in [1.82, 2.24) is 4.98 Å². The van der Waals surface area contributed by atoms with Gasteiger partial charge in [0.25, 0.3) is 0 Å². The number of nitro groups is 1. The standard InChI is InChI=1S/C9H11N3O4/c1-2-8(13)16-5-6-3-4-7(12(14)15)9(10)11-6/h3-4H,2,5H2,1H3,(H2,10,11). The van der Waals surface area contributed by atoms with Crippen molar-refractivity contribution in [3.8, 4) is 0 Å². The Bertz CT molecular complexity index is 419. The van der Waals surface area contributed by atoms with Gasteiger partial charge in [-0.1, -0.05) is 6.92 Å². The fraction of sp³-hybridized carbons (Fsp3) is 0.333. The van der Waals surface area contributed by atoms with Crippen molar-refractivity contribution < 1.29 is 14.5 Å². The summed E-state index contributed by atoms with van der Waals surface area (Å²) in [6.45, 7) is 1.63. The number of aromatic nitrogens is 1. The molecule has 0 aliphatic heterocycles. The van der Waals surface area contributed by atoms with Gasteiger partial charge in [0.2, 0.25) is 5.82 Å². The number of nitrogens with zero attached hydrogens (tertiary/aromatic N) is 2. The maximum absolute atomic E-state index is 10.9. The summed E-state index contributed by atoms with van der Waals surface area (Å²) >= 11 is 0. The van der Waals surface area contributed by atoms with Gasteiger partial charge in [-0.2, -0.15) is 0 Å². The topological polar surface area (TPSA) is 108 Å². The second-order valence-corrected chi connectivity index (χ2v) is 2.98. The quantitative estimate of drug-likeness (QED) is 0.465. The number of anilines is 1. The molecule has 1 aromatic heterocycles. The van der Waals surface area contributed by atoms with Gasteiger partial charge >= 0.3 is 11.7 Å². The molecule has 0 atom stereocenters. The van der Waals surface area contributed by atoms with Crippen molar-refractivity contribution >= 4 is 17.5 Å². The van der Waals surface area contributed by atoms with Gasteiger partial charge in [-0.15, -0.1) is 0 Å². The molecule has 2 N–H and O–H groups in total. The highest BCUT2D eigenvalue weighted by Gasteiger charge is 2.13. The summed E-state index contributed by atoms with van der Waals surface area (Å²) in [5.74, 6) is -0.547. The first-order chi connectivity index (χ1) is 7.54. The van der Waals surface area contributed by atoms with Crippen molar-refractivity contribution in [2.24, 2.45) is 0 Å². The third-order valence-corrected chi connectivity index (χ3v) is 1.83. The number of nitrogen functional groups attached to an aromatic ring is 1. The van der Waals surface area contributed by atoms with E-state index >= 15 is 0 Å². The van der Waals surface area contributed by atoms with Gasteiger partial charge in [-0.25, -0.2) is 4.98 Å². The summed E-state index contributed by atoms with van der Waals surface area (Å²) in [7, 11) is 0. The minimum atomic E-state index is -0.621. The molecule has 0 bridgehead atoms. The van der Waals surface area contributed by atoms with Crippen molar-refractivity contribution in [3.05, 3.63) is 27.9 Å². The van der Waals surface area contributed by atoms with Crippen molar-refractivity contribution in [2.45, 2.75) is 20.0 Å². The van der Waals surface area contributed by atoms with E-state index < -0.39 is 4.92 Å². The van der Waals surface area contributed by atoms with Crippen molar-refractivity contribution in [1.29, 1.82) is 0 Å². The Balaban J connectivity index is 2.74. The summed E-state index contributed by atoms with van der Waals surface area (Å²) in [6.07, 6.45) is 0.266. The molecule has 0 amide bonds. The number of ether oxygens (including phenoxy) is 1. The van der Waals surface area contributed by atoms with Crippen LogP contribution in [0.1, 0.15) is 19.0 Å². The Morgan fingerprint density at radius 1 is 1.62 bits per heavy atom. The number of rotatable bonds is 4. The van der Waals surface area contributed by atoms with Crippen LogP contribution in [0.15, 0.2) is 12.1 Å². The Hall–Kier alpha value is -2.18. The van der Waals surface area contributed by atoms with Crippen LogP contribution in [-0.4, -0.2) is 15.9 Å². The minimum Gasteiger partial charge on any atom is -0.459 e. The zero-order valence-electron chi connectivity index (χ0n) is 8.67. The van der Waals surface area contributed by atoms with E-state index in [-0.39, 0.29) is 30.5 Å². The van der Waals surface area contributed by atoms with Crippen LogP contribution in [-0.2, 0) is 16.1 Å². The molecule has 0 aromatic carbocycles. The normalized spacial score (nSPS) is 9.81. The maximum atomic E-state index is 10.9. The summed E-state index contributed by atoms with van der Waals surface area (Å²) in [5, 5.41) is 10.4. The van der Waals surface area contributed by atoms with E-state index in [0.29, 0.717) is 5.69 Å². The van der Waals surface area contributed by atoms with Crippen LogP contribution < -0.4 is 5.73 Å². The van der Waals surface area contributed by atoms with Gasteiger partial charge in [-0.3, -0.25) is 14.9 Å². The molecule has 0 saturated heterocycles. The first kappa shape index (κ1) is 11.9. The van der Waals surface area contributed by atoms with E-state index in [2.05, 4.69) is 4.98 Å². The van der Waals surface area contributed by atoms with E-state index in [1.807, 2.05) is 0 Å². The lowest BCUT2D eigenvalue weighted by Crippen LogP contribution is -2.06. The second kappa shape index (κ2) is 5.06. The minimum absolute atomic E-state index is 0.0329. The molecule has 0 unspecified atom stereocenters. The molecule has 86 valence electrons. The van der Waals surface area contributed by atoms with Crippen LogP contribution in [0.4, 0.5) is 11.5 Å². The van der Waals surface area contributed by atoms with E-state index in [4.69, 9.17) is 10.5 Å². The molecule has 0 aliphatic rings. The fourth-order valence-corrected chi connectivity index (χ4v) is 1.00. The first-order valence-corrected chi connectivity index (χ1v) is 4.60. The molecule has 7 nitrogen and oxygen atoms in total. The Morgan fingerprint density at radius 2 is 2.31 bits per heavy atom. The molecule has 7 heteroatoms.